The SMILES string of the molecule is COc1ccc(Br)cc1/C=C/C(=O)OCC(=O)N1CCCC[C@@H]1C. The first kappa shape index (κ1) is 18.5. The van der Waals surface area contributed by atoms with E-state index in [2.05, 4.69) is 15.9 Å². The quantitative estimate of drug-likeness (QED) is 0.566. The number of amides is 1. The van der Waals surface area contributed by atoms with Gasteiger partial charge < -0.3 is 14.4 Å². The molecule has 1 aromatic rings. The molecule has 0 N–H and O–H groups in total. The molecule has 1 amide bonds. The van der Waals surface area contributed by atoms with Crippen LogP contribution in [0.3, 0.4) is 0 Å². The van der Waals surface area contributed by atoms with Gasteiger partial charge in [0.1, 0.15) is 5.75 Å². The van der Waals surface area contributed by atoms with E-state index in [1.165, 1.54) is 6.08 Å². The zero-order chi connectivity index (χ0) is 17.5. The standard InChI is InChI=1S/C18H22BrNO4/c1-13-5-3-4-10-20(13)17(21)12-24-18(22)9-6-14-11-15(19)7-8-16(14)23-2/h6-9,11,13H,3-5,10,12H2,1-2H3/b9-6+/t13-/m0/s1. The highest BCUT2D eigenvalue weighted by Gasteiger charge is 2.23. The number of likely N-dealkylation sites (tertiary alicyclic amines) is 1. The lowest BCUT2D eigenvalue weighted by atomic mass is 10.0. The first-order valence-electron chi connectivity index (χ1n) is 7.99. The average molecular weight is 396 g/mol. The highest BCUT2D eigenvalue weighted by molar-refractivity contribution is 9.10. The van der Waals surface area contributed by atoms with Gasteiger partial charge in [-0.2, -0.15) is 0 Å². The van der Waals surface area contributed by atoms with Crippen molar-refractivity contribution in [3.05, 3.63) is 34.3 Å². The Balaban J connectivity index is 1.89. The molecule has 1 fully saturated rings. The molecule has 0 saturated carbocycles. The van der Waals surface area contributed by atoms with Crippen LogP contribution in [0.25, 0.3) is 6.08 Å². The van der Waals surface area contributed by atoms with Gasteiger partial charge in [-0.05, 0) is 50.5 Å². The van der Waals surface area contributed by atoms with E-state index in [-0.39, 0.29) is 18.6 Å². The van der Waals surface area contributed by atoms with Gasteiger partial charge in [0.05, 0.1) is 7.11 Å². The molecule has 130 valence electrons. The Morgan fingerprint density at radius 3 is 2.88 bits per heavy atom. The van der Waals surface area contributed by atoms with Gasteiger partial charge in [0.2, 0.25) is 0 Å². The van der Waals surface area contributed by atoms with Crippen LogP contribution in [-0.4, -0.2) is 43.1 Å². The summed E-state index contributed by atoms with van der Waals surface area (Å²) in [6, 6.07) is 5.71. The Kier molecular flexibility index (Phi) is 6.85. The van der Waals surface area contributed by atoms with Crippen LogP contribution in [0, 0.1) is 0 Å². The van der Waals surface area contributed by atoms with Crippen LogP contribution in [-0.2, 0) is 14.3 Å². The van der Waals surface area contributed by atoms with Crippen molar-refractivity contribution in [1.29, 1.82) is 0 Å². The van der Waals surface area contributed by atoms with E-state index in [0.717, 1.165) is 35.8 Å². The molecule has 0 aliphatic carbocycles. The van der Waals surface area contributed by atoms with Gasteiger partial charge in [0.25, 0.3) is 5.91 Å². The summed E-state index contributed by atoms with van der Waals surface area (Å²) in [6.45, 7) is 2.55. The number of rotatable bonds is 5. The second-order valence-electron chi connectivity index (χ2n) is 5.76. The van der Waals surface area contributed by atoms with E-state index < -0.39 is 5.97 Å². The summed E-state index contributed by atoms with van der Waals surface area (Å²) in [5, 5.41) is 0. The molecule has 0 aromatic heterocycles. The summed E-state index contributed by atoms with van der Waals surface area (Å²) >= 11 is 3.38. The summed E-state index contributed by atoms with van der Waals surface area (Å²) in [4.78, 5) is 25.8. The molecule has 1 atom stereocenters. The van der Waals surface area contributed by atoms with Gasteiger partial charge in [-0.1, -0.05) is 15.9 Å². The molecule has 0 unspecified atom stereocenters. The molecular formula is C18H22BrNO4. The normalized spacial score (nSPS) is 17.8. The van der Waals surface area contributed by atoms with Crippen molar-refractivity contribution in [3.63, 3.8) is 0 Å². The molecule has 1 aromatic carbocycles. The van der Waals surface area contributed by atoms with Crippen LogP contribution >= 0.6 is 15.9 Å². The molecule has 0 bridgehead atoms. The Labute approximate surface area is 150 Å². The fourth-order valence-corrected chi connectivity index (χ4v) is 3.10. The first-order valence-corrected chi connectivity index (χ1v) is 8.78. The summed E-state index contributed by atoms with van der Waals surface area (Å²) in [6.07, 6.45) is 6.06. The van der Waals surface area contributed by atoms with Crippen molar-refractivity contribution in [1.82, 2.24) is 4.90 Å². The minimum atomic E-state index is -0.546. The molecule has 2 rings (SSSR count). The van der Waals surface area contributed by atoms with Crippen LogP contribution < -0.4 is 4.74 Å². The third kappa shape index (κ3) is 5.09. The Hall–Kier alpha value is -1.82. The van der Waals surface area contributed by atoms with E-state index in [1.807, 2.05) is 19.1 Å². The van der Waals surface area contributed by atoms with E-state index in [0.29, 0.717) is 5.75 Å². The van der Waals surface area contributed by atoms with E-state index in [9.17, 15) is 9.59 Å². The van der Waals surface area contributed by atoms with Gasteiger partial charge in [-0.25, -0.2) is 4.79 Å². The number of carbonyl (C=O) groups excluding carboxylic acids is 2. The molecule has 0 radical (unpaired) electrons. The number of benzene rings is 1. The topological polar surface area (TPSA) is 55.8 Å². The van der Waals surface area contributed by atoms with E-state index >= 15 is 0 Å². The number of halogens is 1. The third-order valence-corrected chi connectivity index (χ3v) is 4.55. The lowest BCUT2D eigenvalue weighted by molar-refractivity contribution is -0.149. The Bertz CT molecular complexity index is 629. The zero-order valence-electron chi connectivity index (χ0n) is 14.0. The van der Waals surface area contributed by atoms with Crippen LogP contribution in [0.5, 0.6) is 5.75 Å². The maximum atomic E-state index is 12.1. The summed E-state index contributed by atoms with van der Waals surface area (Å²) in [7, 11) is 1.57. The maximum Gasteiger partial charge on any atom is 0.331 e. The fourth-order valence-electron chi connectivity index (χ4n) is 2.73. The van der Waals surface area contributed by atoms with Crippen molar-refractivity contribution in [2.24, 2.45) is 0 Å². The number of piperidine rings is 1. The Morgan fingerprint density at radius 2 is 2.17 bits per heavy atom. The van der Waals surface area contributed by atoms with Gasteiger partial charge >= 0.3 is 5.97 Å². The smallest absolute Gasteiger partial charge is 0.331 e. The highest BCUT2D eigenvalue weighted by atomic mass is 79.9. The summed E-state index contributed by atoms with van der Waals surface area (Å²) < 4.78 is 11.2. The Morgan fingerprint density at radius 1 is 1.38 bits per heavy atom. The summed E-state index contributed by atoms with van der Waals surface area (Å²) in [5.41, 5.74) is 0.750. The van der Waals surface area contributed by atoms with Crippen LogP contribution in [0.2, 0.25) is 0 Å². The molecule has 6 heteroatoms. The number of esters is 1. The largest absolute Gasteiger partial charge is 0.496 e. The number of hydrogen-bond donors (Lipinski definition) is 0. The molecule has 1 heterocycles. The average Bonchev–Trinajstić information content (AvgIpc) is 2.58. The zero-order valence-corrected chi connectivity index (χ0v) is 15.5. The van der Waals surface area contributed by atoms with Crippen molar-refractivity contribution >= 4 is 33.9 Å². The molecule has 1 aliphatic rings. The molecule has 1 aliphatic heterocycles. The van der Waals surface area contributed by atoms with Crippen molar-refractivity contribution in [2.45, 2.75) is 32.2 Å². The van der Waals surface area contributed by atoms with Crippen LogP contribution in [0.15, 0.2) is 28.7 Å². The van der Waals surface area contributed by atoms with Gasteiger partial charge in [-0.15, -0.1) is 0 Å². The lowest BCUT2D eigenvalue weighted by Crippen LogP contribution is -2.44. The number of ether oxygens (including phenoxy) is 2. The number of nitrogens with zero attached hydrogens (tertiary/aromatic N) is 1. The second kappa shape index (κ2) is 8.87. The lowest BCUT2D eigenvalue weighted by Gasteiger charge is -2.33. The van der Waals surface area contributed by atoms with Gasteiger partial charge in [0.15, 0.2) is 6.61 Å². The highest BCUT2D eigenvalue weighted by Crippen LogP contribution is 2.24. The number of hydrogen-bond acceptors (Lipinski definition) is 4. The van der Waals surface area contributed by atoms with Crippen LogP contribution in [0.1, 0.15) is 31.7 Å². The number of carbonyl (C=O) groups is 2. The molecule has 1 saturated heterocycles. The molecular weight excluding hydrogens is 374 g/mol. The minimum absolute atomic E-state index is 0.135. The number of methoxy groups -OCH3 is 1. The van der Waals surface area contributed by atoms with Gasteiger partial charge in [0, 0.05) is 28.7 Å². The fraction of sp³-hybridized carbons (Fsp3) is 0.444. The van der Waals surface area contributed by atoms with Crippen LogP contribution in [0.4, 0.5) is 0 Å². The maximum absolute atomic E-state index is 12.1. The van der Waals surface area contributed by atoms with Crippen molar-refractivity contribution < 1.29 is 19.1 Å². The predicted octanol–water partition coefficient (Wildman–Crippen LogP) is 3.42. The first-order chi connectivity index (χ1) is 11.5. The second-order valence-corrected chi connectivity index (χ2v) is 6.67. The van der Waals surface area contributed by atoms with Gasteiger partial charge in [-0.3, -0.25) is 4.79 Å². The van der Waals surface area contributed by atoms with Crippen molar-refractivity contribution in [3.8, 4) is 5.75 Å². The molecule has 0 spiro atoms. The molecule has 24 heavy (non-hydrogen) atoms. The monoisotopic (exact) mass is 395 g/mol. The van der Waals surface area contributed by atoms with E-state index in [1.54, 1.807) is 24.2 Å². The van der Waals surface area contributed by atoms with Crippen molar-refractivity contribution in [2.75, 3.05) is 20.3 Å². The molecule has 5 nitrogen and oxygen atoms in total. The third-order valence-electron chi connectivity index (χ3n) is 4.05. The van der Waals surface area contributed by atoms with E-state index in [4.69, 9.17) is 9.47 Å². The summed E-state index contributed by atoms with van der Waals surface area (Å²) in [5.74, 6) is -0.0282. The predicted molar refractivity (Wildman–Crippen MR) is 95.7 cm³/mol. The minimum Gasteiger partial charge on any atom is -0.496 e.